The Labute approximate surface area is 209 Å². The highest BCUT2D eigenvalue weighted by Crippen LogP contribution is 2.33. The molecule has 1 atom stereocenters. The molecule has 3 amide bonds. The van der Waals surface area contributed by atoms with Gasteiger partial charge in [-0.3, -0.25) is 19.4 Å². The first kappa shape index (κ1) is 24.4. The van der Waals surface area contributed by atoms with E-state index in [0.717, 1.165) is 17.3 Å². The molecule has 3 aromatic rings. The van der Waals surface area contributed by atoms with E-state index in [1.54, 1.807) is 42.5 Å². The first-order valence-corrected chi connectivity index (χ1v) is 10.9. The number of aromatic nitrogens is 2. The lowest BCUT2D eigenvalue weighted by molar-refractivity contribution is -0.127. The van der Waals surface area contributed by atoms with Crippen LogP contribution in [0.15, 0.2) is 71.5 Å². The Balaban J connectivity index is 1.94. The molecule has 36 heavy (non-hydrogen) atoms. The van der Waals surface area contributed by atoms with Gasteiger partial charge in [-0.1, -0.05) is 41.9 Å². The zero-order chi connectivity index (χ0) is 26.0. The molecule has 0 bridgehead atoms. The summed E-state index contributed by atoms with van der Waals surface area (Å²) in [6.07, 6.45) is 2.25. The minimum Gasteiger partial charge on any atom is -0.476 e. The number of primary amides is 1. The predicted octanol–water partition coefficient (Wildman–Crippen LogP) is 2.43. The van der Waals surface area contributed by atoms with E-state index in [2.05, 4.69) is 15.4 Å². The molecular formula is C24H19ClN6O5. The third kappa shape index (κ3) is 4.59. The summed E-state index contributed by atoms with van der Waals surface area (Å²) in [6, 6.07) is 14.7. The maximum atomic E-state index is 13.3. The van der Waals surface area contributed by atoms with E-state index in [4.69, 9.17) is 17.3 Å². The average molecular weight is 507 g/mol. The number of nitrogens with two attached hydrogens (primary N) is 1. The molecule has 0 saturated heterocycles. The van der Waals surface area contributed by atoms with E-state index in [1.165, 1.54) is 23.9 Å². The molecule has 0 spiro atoms. The van der Waals surface area contributed by atoms with Crippen LogP contribution in [0.4, 0.5) is 5.82 Å². The van der Waals surface area contributed by atoms with Crippen LogP contribution >= 0.6 is 11.6 Å². The molecule has 11 nitrogen and oxygen atoms in total. The van der Waals surface area contributed by atoms with Gasteiger partial charge >= 0.3 is 5.97 Å². The van der Waals surface area contributed by atoms with Crippen molar-refractivity contribution in [2.45, 2.75) is 5.92 Å². The van der Waals surface area contributed by atoms with E-state index < -0.39 is 35.3 Å². The number of aromatic carboxylic acids is 1. The molecule has 2 heterocycles. The standard InChI is InChI=1S/C24H19ClN6O5/c1-30-12-17(20(26)32)27-11-15(23(30)34)18-19(24(35)36)29-31(13-7-3-2-4-8-13)21(18)28-22(33)14-9-5-6-10-16(14)25/h2-12,15H,1H3,(H2,26,32)(H,28,33)(H,35,36). The number of carboxylic acid groups (broad SMARTS) is 1. The van der Waals surface area contributed by atoms with Gasteiger partial charge in [0.25, 0.3) is 11.8 Å². The number of anilines is 1. The van der Waals surface area contributed by atoms with Gasteiger partial charge in [-0.15, -0.1) is 0 Å². The smallest absolute Gasteiger partial charge is 0.356 e. The van der Waals surface area contributed by atoms with Crippen molar-refractivity contribution >= 4 is 47.3 Å². The van der Waals surface area contributed by atoms with Crippen molar-refractivity contribution in [1.82, 2.24) is 14.7 Å². The third-order valence-electron chi connectivity index (χ3n) is 5.33. The second-order valence-electron chi connectivity index (χ2n) is 7.68. The Bertz CT molecular complexity index is 1450. The number of hydrogen-bond acceptors (Lipinski definition) is 6. The maximum Gasteiger partial charge on any atom is 0.356 e. The molecule has 1 aliphatic rings. The highest BCUT2D eigenvalue weighted by atomic mass is 35.5. The van der Waals surface area contributed by atoms with Crippen molar-refractivity contribution in [1.29, 1.82) is 0 Å². The zero-order valence-electron chi connectivity index (χ0n) is 18.8. The van der Waals surface area contributed by atoms with Gasteiger partial charge in [0.15, 0.2) is 5.69 Å². The predicted molar refractivity (Wildman–Crippen MR) is 131 cm³/mol. The van der Waals surface area contributed by atoms with Gasteiger partial charge in [-0.05, 0) is 24.3 Å². The summed E-state index contributed by atoms with van der Waals surface area (Å²) in [5.74, 6) is -5.00. The van der Waals surface area contributed by atoms with Crippen molar-refractivity contribution < 1.29 is 24.3 Å². The van der Waals surface area contributed by atoms with E-state index in [0.29, 0.717) is 5.69 Å². The molecule has 0 radical (unpaired) electrons. The minimum atomic E-state index is -1.44. The third-order valence-corrected chi connectivity index (χ3v) is 5.66. The second-order valence-corrected chi connectivity index (χ2v) is 8.09. The topological polar surface area (TPSA) is 160 Å². The SMILES string of the molecule is CN1C=C(C(N)=O)N=CC(c2c(C(=O)O)nn(-c3ccccc3)c2NC(=O)c2ccccc2Cl)C1=O. The largest absolute Gasteiger partial charge is 0.476 e. The fraction of sp³-hybridized carbons (Fsp3) is 0.0833. The highest BCUT2D eigenvalue weighted by molar-refractivity contribution is 6.34. The van der Waals surface area contributed by atoms with Gasteiger partial charge in [0.1, 0.15) is 17.4 Å². The van der Waals surface area contributed by atoms with Gasteiger partial charge in [-0.2, -0.15) is 5.10 Å². The number of nitrogens with one attached hydrogen (secondary N) is 1. The molecular weight excluding hydrogens is 488 g/mol. The summed E-state index contributed by atoms with van der Waals surface area (Å²) in [7, 11) is 1.37. The number of carbonyl (C=O) groups excluding carboxylic acids is 3. The van der Waals surface area contributed by atoms with Crippen molar-refractivity contribution in [3.63, 3.8) is 0 Å². The average Bonchev–Trinajstić information content (AvgIpc) is 3.15. The summed E-state index contributed by atoms with van der Waals surface area (Å²) in [4.78, 5) is 55.5. The summed E-state index contributed by atoms with van der Waals surface area (Å²) in [6.45, 7) is 0. The Morgan fingerprint density at radius 1 is 1.08 bits per heavy atom. The number of hydrogen-bond donors (Lipinski definition) is 3. The summed E-state index contributed by atoms with van der Waals surface area (Å²) >= 11 is 6.19. The number of benzene rings is 2. The Kier molecular flexibility index (Phi) is 6.66. The fourth-order valence-corrected chi connectivity index (χ4v) is 3.84. The van der Waals surface area contributed by atoms with Crippen LogP contribution in [0.3, 0.4) is 0 Å². The molecule has 182 valence electrons. The molecule has 0 aliphatic carbocycles. The summed E-state index contributed by atoms with van der Waals surface area (Å²) < 4.78 is 1.21. The molecule has 2 aromatic carbocycles. The lowest BCUT2D eigenvalue weighted by Crippen LogP contribution is -2.29. The number of aliphatic imine (C=N–C) groups is 1. The molecule has 1 aliphatic heterocycles. The molecule has 0 saturated carbocycles. The second kappa shape index (κ2) is 9.84. The summed E-state index contributed by atoms with van der Waals surface area (Å²) in [5.41, 5.74) is 5.03. The number of rotatable bonds is 6. The molecule has 4 rings (SSSR count). The maximum absolute atomic E-state index is 13.3. The number of carboxylic acids is 1. The van der Waals surface area contributed by atoms with Crippen LogP contribution in [0.1, 0.15) is 32.3 Å². The fourth-order valence-electron chi connectivity index (χ4n) is 3.62. The van der Waals surface area contributed by atoms with Crippen LogP contribution in [-0.2, 0) is 9.59 Å². The van der Waals surface area contributed by atoms with Gasteiger partial charge in [0, 0.05) is 25.0 Å². The van der Waals surface area contributed by atoms with Gasteiger partial charge in [0.05, 0.1) is 16.3 Å². The van der Waals surface area contributed by atoms with Crippen LogP contribution in [-0.4, -0.2) is 56.7 Å². The summed E-state index contributed by atoms with van der Waals surface area (Å²) in [5, 5.41) is 17.0. The monoisotopic (exact) mass is 506 g/mol. The number of para-hydroxylation sites is 1. The molecule has 0 fully saturated rings. The minimum absolute atomic E-state index is 0.0794. The molecule has 1 unspecified atom stereocenters. The van der Waals surface area contributed by atoms with Crippen LogP contribution in [0.25, 0.3) is 5.69 Å². The molecule has 12 heteroatoms. The number of halogens is 1. The lowest BCUT2D eigenvalue weighted by atomic mass is 9.97. The Morgan fingerprint density at radius 3 is 2.39 bits per heavy atom. The Morgan fingerprint density at radius 2 is 1.75 bits per heavy atom. The van der Waals surface area contributed by atoms with Gasteiger partial charge in [0.2, 0.25) is 5.91 Å². The first-order valence-electron chi connectivity index (χ1n) is 10.5. The number of nitrogens with zero attached hydrogens (tertiary/aromatic N) is 4. The van der Waals surface area contributed by atoms with Crippen LogP contribution in [0.5, 0.6) is 0 Å². The highest BCUT2D eigenvalue weighted by Gasteiger charge is 2.36. The van der Waals surface area contributed by atoms with Gasteiger partial charge in [-0.25, -0.2) is 9.48 Å². The van der Waals surface area contributed by atoms with E-state index in [1.807, 2.05) is 0 Å². The molecule has 1 aromatic heterocycles. The Hall–Kier alpha value is -4.77. The molecule has 4 N–H and O–H groups in total. The van der Waals surface area contributed by atoms with E-state index >= 15 is 0 Å². The van der Waals surface area contributed by atoms with Crippen LogP contribution in [0, 0.1) is 0 Å². The van der Waals surface area contributed by atoms with E-state index in [9.17, 15) is 24.3 Å². The number of carbonyl (C=O) groups is 4. The number of likely N-dealkylation sites (N-methyl/N-ethyl adjacent to an activating group) is 1. The van der Waals surface area contributed by atoms with Crippen molar-refractivity contribution in [3.8, 4) is 5.69 Å². The van der Waals surface area contributed by atoms with Crippen LogP contribution < -0.4 is 11.1 Å². The lowest BCUT2D eigenvalue weighted by Gasteiger charge is -2.18. The normalized spacial score (nSPS) is 15.3. The van der Waals surface area contributed by atoms with Crippen molar-refractivity contribution in [3.05, 3.63) is 88.3 Å². The van der Waals surface area contributed by atoms with Gasteiger partial charge < -0.3 is 21.1 Å². The van der Waals surface area contributed by atoms with Crippen LogP contribution in [0.2, 0.25) is 5.02 Å². The zero-order valence-corrected chi connectivity index (χ0v) is 19.5. The van der Waals surface area contributed by atoms with Crippen molar-refractivity contribution in [2.24, 2.45) is 10.7 Å². The van der Waals surface area contributed by atoms with E-state index in [-0.39, 0.29) is 27.7 Å². The van der Waals surface area contributed by atoms with Crippen molar-refractivity contribution in [2.75, 3.05) is 12.4 Å². The first-order chi connectivity index (χ1) is 17.2. The quantitative estimate of drug-likeness (QED) is 0.465. The number of amides is 3.